The molecule has 0 bridgehead atoms. The Morgan fingerprint density at radius 1 is 1.17 bits per heavy atom. The zero-order valence-corrected chi connectivity index (χ0v) is 13.4. The minimum Gasteiger partial charge on any atom is -0.378 e. The van der Waals surface area contributed by atoms with Gasteiger partial charge in [-0.15, -0.1) is 0 Å². The van der Waals surface area contributed by atoms with Crippen LogP contribution in [-0.4, -0.2) is 53.3 Å². The molecule has 23 heavy (non-hydrogen) atoms. The first-order valence-electron chi connectivity index (χ1n) is 7.93. The third-order valence-corrected chi connectivity index (χ3v) is 4.17. The molecular weight excluding hydrogens is 300 g/mol. The molecule has 1 aromatic rings. The molecule has 0 spiro atoms. The number of morpholine rings is 1. The largest absolute Gasteiger partial charge is 0.378 e. The Kier molecular flexibility index (Phi) is 4.20. The van der Waals surface area contributed by atoms with Crippen LogP contribution in [0.15, 0.2) is 0 Å². The van der Waals surface area contributed by atoms with E-state index in [4.69, 9.17) is 10.5 Å². The van der Waals surface area contributed by atoms with Gasteiger partial charge < -0.3 is 20.3 Å². The van der Waals surface area contributed by atoms with Gasteiger partial charge in [-0.25, -0.2) is 0 Å². The molecule has 2 saturated heterocycles. The Bertz CT molecular complexity index is 594. The molecule has 2 atom stereocenters. The highest BCUT2D eigenvalue weighted by atomic mass is 16.6. The number of rotatable bonds is 3. The number of nitrogen functional groups attached to an aromatic ring is 1. The van der Waals surface area contributed by atoms with Crippen LogP contribution in [0, 0.1) is 10.1 Å². The predicted octanol–water partition coefficient (Wildman–Crippen LogP) is 1.18. The van der Waals surface area contributed by atoms with Gasteiger partial charge in [0.1, 0.15) is 0 Å². The lowest BCUT2D eigenvalue weighted by atomic mass is 10.2. The molecule has 0 aromatic carbocycles. The zero-order chi connectivity index (χ0) is 16.6. The number of hydrogen-bond donors (Lipinski definition) is 1. The van der Waals surface area contributed by atoms with E-state index in [1.807, 2.05) is 23.6 Å². The molecule has 126 valence electrons. The van der Waals surface area contributed by atoms with E-state index >= 15 is 0 Å². The van der Waals surface area contributed by atoms with Crippen molar-refractivity contribution in [2.24, 2.45) is 0 Å². The summed E-state index contributed by atoms with van der Waals surface area (Å²) in [5.41, 5.74) is 5.68. The Morgan fingerprint density at radius 2 is 1.78 bits per heavy atom. The van der Waals surface area contributed by atoms with E-state index in [0.29, 0.717) is 24.9 Å². The normalized spacial score (nSPS) is 25.0. The Hall–Kier alpha value is -2.16. The molecule has 0 aliphatic carbocycles. The van der Waals surface area contributed by atoms with Crippen LogP contribution in [0.1, 0.15) is 26.7 Å². The van der Waals surface area contributed by atoms with Crippen LogP contribution in [0.2, 0.25) is 0 Å². The van der Waals surface area contributed by atoms with Gasteiger partial charge in [-0.1, -0.05) is 0 Å². The van der Waals surface area contributed by atoms with E-state index in [0.717, 1.165) is 25.9 Å². The van der Waals surface area contributed by atoms with Crippen molar-refractivity contribution in [1.29, 1.82) is 0 Å². The lowest BCUT2D eigenvalue weighted by molar-refractivity contribution is -0.383. The highest BCUT2D eigenvalue weighted by molar-refractivity contribution is 5.71. The van der Waals surface area contributed by atoms with Crippen LogP contribution in [0.5, 0.6) is 0 Å². The molecule has 0 radical (unpaired) electrons. The first-order valence-corrected chi connectivity index (χ1v) is 7.93. The van der Waals surface area contributed by atoms with Crippen molar-refractivity contribution in [3.05, 3.63) is 10.1 Å². The van der Waals surface area contributed by atoms with Crippen molar-refractivity contribution < 1.29 is 9.66 Å². The summed E-state index contributed by atoms with van der Waals surface area (Å²) in [6, 6.07) is 0. The lowest BCUT2D eigenvalue weighted by Gasteiger charge is -2.36. The van der Waals surface area contributed by atoms with Crippen molar-refractivity contribution in [2.45, 2.75) is 38.9 Å². The fraction of sp³-hybridized carbons (Fsp3) is 0.714. The molecule has 3 rings (SSSR count). The summed E-state index contributed by atoms with van der Waals surface area (Å²) in [5, 5.41) is 11.5. The number of nitrogens with two attached hydrogens (primary N) is 1. The van der Waals surface area contributed by atoms with E-state index in [1.165, 1.54) is 0 Å². The Labute approximate surface area is 134 Å². The number of nitrogens with zero attached hydrogens (tertiary/aromatic N) is 5. The van der Waals surface area contributed by atoms with Gasteiger partial charge in [-0.05, 0) is 26.7 Å². The van der Waals surface area contributed by atoms with Gasteiger partial charge in [-0.2, -0.15) is 9.97 Å². The molecule has 0 unspecified atom stereocenters. The summed E-state index contributed by atoms with van der Waals surface area (Å²) in [6.07, 6.45) is 2.09. The van der Waals surface area contributed by atoms with Crippen LogP contribution < -0.4 is 15.5 Å². The molecule has 2 N–H and O–H groups in total. The second-order valence-corrected chi connectivity index (χ2v) is 6.19. The maximum atomic E-state index is 11.5. The molecule has 2 fully saturated rings. The number of anilines is 3. The van der Waals surface area contributed by atoms with Crippen LogP contribution in [0.3, 0.4) is 0 Å². The van der Waals surface area contributed by atoms with Crippen LogP contribution >= 0.6 is 0 Å². The third kappa shape index (κ3) is 3.14. The van der Waals surface area contributed by atoms with Gasteiger partial charge in [0.25, 0.3) is 0 Å². The molecule has 2 aliphatic rings. The number of nitro groups is 1. The summed E-state index contributed by atoms with van der Waals surface area (Å²) >= 11 is 0. The molecular formula is C14H22N6O3. The van der Waals surface area contributed by atoms with Crippen molar-refractivity contribution in [2.75, 3.05) is 41.7 Å². The van der Waals surface area contributed by atoms with E-state index in [-0.39, 0.29) is 23.7 Å². The lowest BCUT2D eigenvalue weighted by Crippen LogP contribution is -2.46. The van der Waals surface area contributed by atoms with Crippen LogP contribution in [0.4, 0.5) is 23.3 Å². The first kappa shape index (κ1) is 15.7. The number of ether oxygens (including phenoxy) is 1. The number of hydrogen-bond acceptors (Lipinski definition) is 8. The van der Waals surface area contributed by atoms with Gasteiger partial charge in [0.05, 0.1) is 17.1 Å². The predicted molar refractivity (Wildman–Crippen MR) is 86.8 cm³/mol. The highest BCUT2D eigenvalue weighted by Crippen LogP contribution is 2.34. The Balaban J connectivity index is 2.02. The second kappa shape index (κ2) is 6.15. The molecule has 0 amide bonds. The maximum Gasteiger partial charge on any atom is 0.353 e. The van der Waals surface area contributed by atoms with E-state index < -0.39 is 4.92 Å². The van der Waals surface area contributed by atoms with E-state index in [1.54, 1.807) is 0 Å². The highest BCUT2D eigenvalue weighted by Gasteiger charge is 2.33. The molecule has 9 nitrogen and oxygen atoms in total. The SMILES string of the molecule is C[C@@H]1CN(c2nc(N3CCCC3)nc(N)c2[N+](=O)[O-])C[C@@H](C)O1. The topological polar surface area (TPSA) is 111 Å². The maximum absolute atomic E-state index is 11.5. The van der Waals surface area contributed by atoms with Crippen molar-refractivity contribution in [3.63, 3.8) is 0 Å². The number of aromatic nitrogens is 2. The molecule has 1 aromatic heterocycles. The fourth-order valence-electron chi connectivity index (χ4n) is 3.25. The Morgan fingerprint density at radius 3 is 2.35 bits per heavy atom. The minimum atomic E-state index is -0.497. The van der Waals surface area contributed by atoms with Gasteiger partial charge in [0, 0.05) is 26.2 Å². The summed E-state index contributed by atoms with van der Waals surface area (Å²) in [6.45, 7) is 6.68. The van der Waals surface area contributed by atoms with Gasteiger partial charge in [-0.3, -0.25) is 10.1 Å². The summed E-state index contributed by atoms with van der Waals surface area (Å²) in [7, 11) is 0. The van der Waals surface area contributed by atoms with Crippen LogP contribution in [0.25, 0.3) is 0 Å². The van der Waals surface area contributed by atoms with E-state index in [9.17, 15) is 10.1 Å². The average molecular weight is 322 g/mol. The standard InChI is InChI=1S/C14H22N6O3/c1-9-7-19(8-10(2)23-9)13-11(20(21)22)12(15)16-14(17-13)18-5-3-4-6-18/h9-10H,3-8H2,1-2H3,(H2,15,16,17)/t9-,10-/m1/s1. The summed E-state index contributed by atoms with van der Waals surface area (Å²) in [5.74, 6) is 0.701. The van der Waals surface area contributed by atoms with Gasteiger partial charge in [0.2, 0.25) is 17.6 Å². The summed E-state index contributed by atoms with van der Waals surface area (Å²) < 4.78 is 5.70. The van der Waals surface area contributed by atoms with Gasteiger partial charge >= 0.3 is 5.69 Å². The fourth-order valence-corrected chi connectivity index (χ4v) is 3.25. The quantitative estimate of drug-likeness (QED) is 0.652. The first-order chi connectivity index (χ1) is 11.0. The molecule has 2 aliphatic heterocycles. The average Bonchev–Trinajstić information content (AvgIpc) is 2.99. The molecule has 0 saturated carbocycles. The minimum absolute atomic E-state index is 0.0234. The van der Waals surface area contributed by atoms with Crippen LogP contribution in [-0.2, 0) is 4.74 Å². The van der Waals surface area contributed by atoms with Gasteiger partial charge in [0.15, 0.2) is 0 Å². The van der Waals surface area contributed by atoms with Crippen molar-refractivity contribution in [3.8, 4) is 0 Å². The van der Waals surface area contributed by atoms with Crippen molar-refractivity contribution in [1.82, 2.24) is 9.97 Å². The molecule has 9 heteroatoms. The third-order valence-electron chi connectivity index (χ3n) is 4.17. The zero-order valence-electron chi connectivity index (χ0n) is 13.4. The monoisotopic (exact) mass is 322 g/mol. The van der Waals surface area contributed by atoms with Crippen molar-refractivity contribution >= 4 is 23.3 Å². The smallest absolute Gasteiger partial charge is 0.353 e. The molecule has 3 heterocycles. The van der Waals surface area contributed by atoms with E-state index in [2.05, 4.69) is 9.97 Å². The summed E-state index contributed by atoms with van der Waals surface area (Å²) in [4.78, 5) is 23.5. The second-order valence-electron chi connectivity index (χ2n) is 6.19.